The summed E-state index contributed by atoms with van der Waals surface area (Å²) in [5.41, 5.74) is 7.03. The van der Waals surface area contributed by atoms with E-state index in [1.54, 1.807) is 24.4 Å². The average molecular weight is 574 g/mol. The maximum atomic E-state index is 12.3. The molecule has 40 heavy (non-hydrogen) atoms. The van der Waals surface area contributed by atoms with Crippen LogP contribution in [0, 0.1) is 26.7 Å². The largest absolute Gasteiger partial charge is 0.506 e. The summed E-state index contributed by atoms with van der Waals surface area (Å²) < 4.78 is 2.02. The molecule has 3 N–H and O–H groups in total. The fourth-order valence-electron chi connectivity index (χ4n) is 5.30. The number of pyridine rings is 1. The molecule has 2 aromatic carbocycles. The zero-order valence-electron chi connectivity index (χ0n) is 23.1. The summed E-state index contributed by atoms with van der Waals surface area (Å²) in [6.45, 7) is 9.76. The summed E-state index contributed by atoms with van der Waals surface area (Å²) in [5, 5.41) is 18.3. The van der Waals surface area contributed by atoms with Crippen molar-refractivity contribution in [2.24, 2.45) is 5.92 Å². The zero-order chi connectivity index (χ0) is 28.7. The van der Waals surface area contributed by atoms with Crippen LogP contribution in [0.25, 0.3) is 5.69 Å². The van der Waals surface area contributed by atoms with Gasteiger partial charge >= 0.3 is 0 Å². The highest BCUT2D eigenvalue weighted by Crippen LogP contribution is 2.44. The van der Waals surface area contributed by atoms with E-state index in [-0.39, 0.29) is 29.7 Å². The second-order valence-electron chi connectivity index (χ2n) is 10.4. The minimum Gasteiger partial charge on any atom is -0.506 e. The molecular formula is C31H32ClN5O2S. The highest BCUT2D eigenvalue weighted by atomic mass is 35.5. The molecule has 5 rings (SSSR count). The van der Waals surface area contributed by atoms with Gasteiger partial charge in [-0.2, -0.15) is 0 Å². The molecule has 1 aliphatic rings. The molecule has 1 amide bonds. The lowest BCUT2D eigenvalue weighted by atomic mass is 9.96. The summed E-state index contributed by atoms with van der Waals surface area (Å²) in [5.74, 6) is -0.00301. The number of hydrogen-bond acceptors (Lipinski definition) is 4. The molecule has 0 unspecified atom stereocenters. The van der Waals surface area contributed by atoms with Gasteiger partial charge in [0.05, 0.1) is 23.5 Å². The van der Waals surface area contributed by atoms with Gasteiger partial charge in [0.2, 0.25) is 5.91 Å². The Hall–Kier alpha value is -3.88. The summed E-state index contributed by atoms with van der Waals surface area (Å²) in [6, 6.07) is 18.5. The third kappa shape index (κ3) is 5.05. The number of thiocarbonyl (C=S) groups is 1. The highest BCUT2D eigenvalue weighted by molar-refractivity contribution is 7.80. The lowest BCUT2D eigenvalue weighted by molar-refractivity contribution is -0.118. The number of hydrogen-bond donors (Lipinski definition) is 3. The number of carbonyl (C=O) groups is 1. The molecule has 0 saturated carbocycles. The van der Waals surface area contributed by atoms with Crippen molar-refractivity contribution in [1.29, 1.82) is 0 Å². The normalized spacial score (nSPS) is 16.9. The molecule has 0 aliphatic carbocycles. The fraction of sp³-hybridized carbons (Fsp3) is 0.258. The molecule has 0 bridgehead atoms. The van der Waals surface area contributed by atoms with Gasteiger partial charge in [-0.1, -0.05) is 31.5 Å². The Morgan fingerprint density at radius 3 is 2.55 bits per heavy atom. The highest BCUT2D eigenvalue weighted by Gasteiger charge is 2.42. The summed E-state index contributed by atoms with van der Waals surface area (Å²) in [4.78, 5) is 19.1. The van der Waals surface area contributed by atoms with Gasteiger partial charge in [0.15, 0.2) is 5.11 Å². The van der Waals surface area contributed by atoms with Crippen molar-refractivity contribution in [3.8, 4) is 11.4 Å². The molecule has 0 spiro atoms. The minimum absolute atomic E-state index is 0.0287. The third-order valence-corrected chi connectivity index (χ3v) is 7.89. The van der Waals surface area contributed by atoms with Gasteiger partial charge in [0.1, 0.15) is 5.75 Å². The number of anilines is 2. The number of nitrogens with one attached hydrogen (secondary N) is 2. The monoisotopic (exact) mass is 573 g/mol. The molecule has 0 radical (unpaired) electrons. The second kappa shape index (κ2) is 10.9. The average Bonchev–Trinajstić information content (AvgIpc) is 3.41. The molecule has 1 fully saturated rings. The molecule has 4 aromatic rings. The van der Waals surface area contributed by atoms with Crippen LogP contribution in [0.3, 0.4) is 0 Å². The van der Waals surface area contributed by atoms with E-state index in [1.807, 2.05) is 75.6 Å². The fourth-order valence-corrected chi connectivity index (χ4v) is 5.81. The summed E-state index contributed by atoms with van der Waals surface area (Å²) in [7, 11) is 0. The van der Waals surface area contributed by atoms with Crippen LogP contribution in [-0.2, 0) is 4.79 Å². The zero-order valence-corrected chi connectivity index (χ0v) is 24.6. The van der Waals surface area contributed by atoms with Gasteiger partial charge in [-0.05, 0) is 98.7 Å². The molecule has 1 aliphatic heterocycles. The van der Waals surface area contributed by atoms with Crippen LogP contribution in [0.15, 0.2) is 66.9 Å². The number of halogens is 1. The van der Waals surface area contributed by atoms with Crippen LogP contribution >= 0.6 is 23.8 Å². The van der Waals surface area contributed by atoms with Crippen molar-refractivity contribution in [2.45, 2.75) is 46.7 Å². The lowest BCUT2D eigenvalue weighted by Crippen LogP contribution is -2.29. The third-order valence-electron chi connectivity index (χ3n) is 7.34. The van der Waals surface area contributed by atoms with Crippen molar-refractivity contribution in [3.63, 3.8) is 0 Å². The van der Waals surface area contributed by atoms with Crippen molar-refractivity contribution < 1.29 is 9.90 Å². The van der Waals surface area contributed by atoms with Crippen molar-refractivity contribution in [3.05, 3.63) is 100 Å². The van der Waals surface area contributed by atoms with Crippen LogP contribution in [-0.4, -0.2) is 25.7 Å². The van der Waals surface area contributed by atoms with Crippen molar-refractivity contribution in [2.75, 3.05) is 10.2 Å². The van der Waals surface area contributed by atoms with E-state index in [2.05, 4.69) is 26.6 Å². The number of benzene rings is 2. The molecule has 1 saturated heterocycles. The molecule has 7 nitrogen and oxygen atoms in total. The Kier molecular flexibility index (Phi) is 7.57. The number of aryl methyl sites for hydroxylation is 2. The first-order valence-electron chi connectivity index (χ1n) is 13.2. The van der Waals surface area contributed by atoms with E-state index in [1.165, 1.54) is 0 Å². The maximum absolute atomic E-state index is 12.3. The molecule has 2 atom stereocenters. The van der Waals surface area contributed by atoms with Crippen molar-refractivity contribution in [1.82, 2.24) is 14.9 Å². The van der Waals surface area contributed by atoms with E-state index >= 15 is 0 Å². The predicted octanol–water partition coefficient (Wildman–Crippen LogP) is 6.93. The first-order chi connectivity index (χ1) is 19.1. The Bertz CT molecular complexity index is 1600. The summed E-state index contributed by atoms with van der Waals surface area (Å²) in [6.07, 6.45) is 1.78. The SMILES string of the molecule is Cc1cc(N2C(=S)N[C@H](c3ccccn3)[C@@H]2c2cc(C)n(-c3cc(Cl)ccc3O)c2C)ccc1NC(=O)C(C)C. The lowest BCUT2D eigenvalue weighted by Gasteiger charge is -2.29. The number of amides is 1. The molecule has 3 heterocycles. The maximum Gasteiger partial charge on any atom is 0.226 e. The Morgan fingerprint density at radius 1 is 1.10 bits per heavy atom. The van der Waals surface area contributed by atoms with Gasteiger partial charge in [-0.25, -0.2) is 0 Å². The number of aromatic nitrogens is 2. The Labute approximate surface area is 244 Å². The second-order valence-corrected chi connectivity index (χ2v) is 11.3. The molecule has 9 heteroatoms. The van der Waals surface area contributed by atoms with Gasteiger partial charge in [-0.3, -0.25) is 9.78 Å². The van der Waals surface area contributed by atoms with Crippen LogP contribution in [0.2, 0.25) is 5.02 Å². The topological polar surface area (TPSA) is 82.4 Å². The van der Waals surface area contributed by atoms with E-state index in [0.717, 1.165) is 39.6 Å². The number of aromatic hydroxyl groups is 1. The van der Waals surface area contributed by atoms with E-state index in [9.17, 15) is 9.90 Å². The van der Waals surface area contributed by atoms with Gasteiger partial charge in [0.25, 0.3) is 0 Å². The molecule has 2 aromatic heterocycles. The standard InChI is InChI=1S/C31H32ClN5O2S/c1-17(2)30(39)34-24-11-10-22(14-18(24)3)37-29(28(35-31(37)40)25-8-6-7-13-33-25)23-15-19(4)36(20(23)5)26-16-21(32)9-12-27(26)38/h6-17,28-29,38H,1-5H3,(H,34,39)(H,35,40)/t28-,29+/m1/s1. The quantitative estimate of drug-likeness (QED) is 0.217. The number of carbonyl (C=O) groups excluding carboxylic acids is 1. The first-order valence-corrected chi connectivity index (χ1v) is 13.9. The predicted molar refractivity (Wildman–Crippen MR) is 164 cm³/mol. The van der Waals surface area contributed by atoms with Crippen LogP contribution in [0.4, 0.5) is 11.4 Å². The molecule has 206 valence electrons. The van der Waals surface area contributed by atoms with Gasteiger partial charge < -0.3 is 25.2 Å². The smallest absolute Gasteiger partial charge is 0.226 e. The van der Waals surface area contributed by atoms with Crippen LogP contribution < -0.4 is 15.5 Å². The van der Waals surface area contributed by atoms with E-state index < -0.39 is 0 Å². The number of nitrogens with zero attached hydrogens (tertiary/aromatic N) is 3. The number of phenolic OH excluding ortho intramolecular Hbond substituents is 1. The Balaban J connectivity index is 1.64. The number of phenols is 1. The van der Waals surface area contributed by atoms with Crippen molar-refractivity contribution >= 4 is 46.2 Å². The van der Waals surface area contributed by atoms with Crippen LogP contribution in [0.1, 0.15) is 54.1 Å². The summed E-state index contributed by atoms with van der Waals surface area (Å²) >= 11 is 12.2. The Morgan fingerprint density at radius 2 is 1.88 bits per heavy atom. The number of rotatable bonds is 6. The minimum atomic E-state index is -0.237. The first kappa shape index (κ1) is 27.7. The van der Waals surface area contributed by atoms with E-state index in [0.29, 0.717) is 15.8 Å². The molecular weight excluding hydrogens is 542 g/mol. The van der Waals surface area contributed by atoms with Gasteiger partial charge in [-0.15, -0.1) is 0 Å². The van der Waals surface area contributed by atoms with E-state index in [4.69, 9.17) is 23.8 Å². The van der Waals surface area contributed by atoms with Gasteiger partial charge in [0, 0.05) is 39.9 Å². The van der Waals surface area contributed by atoms with Crippen LogP contribution in [0.5, 0.6) is 5.75 Å².